The van der Waals surface area contributed by atoms with Crippen molar-refractivity contribution < 1.29 is 38.9 Å². The number of carboxylic acids is 2. The zero-order chi connectivity index (χ0) is 23.7. The molecule has 0 bridgehead atoms. The fraction of sp³-hybridized carbons (Fsp3) is 0.227. The summed E-state index contributed by atoms with van der Waals surface area (Å²) in [5, 5.41) is 25.7. The summed E-state index contributed by atoms with van der Waals surface area (Å²) in [6, 6.07) is 10.5. The lowest BCUT2D eigenvalue weighted by molar-refractivity contribution is -0.140. The fourth-order valence-corrected chi connectivity index (χ4v) is 3.01. The third kappa shape index (κ3) is 8.85. The lowest BCUT2D eigenvalue weighted by Gasteiger charge is -2.12. The molecule has 3 N–H and O–H groups in total. The summed E-state index contributed by atoms with van der Waals surface area (Å²) in [6.07, 6.45) is 1.66. The Bertz CT molecular complexity index is 1040. The molecule has 0 aliphatic rings. The van der Waals surface area contributed by atoms with Crippen LogP contribution >= 0.6 is 35.7 Å². The van der Waals surface area contributed by atoms with Gasteiger partial charge in [-0.1, -0.05) is 24.3 Å². The Morgan fingerprint density at radius 1 is 0.788 bits per heavy atom. The van der Waals surface area contributed by atoms with E-state index in [2.05, 4.69) is 0 Å². The van der Waals surface area contributed by atoms with E-state index >= 15 is 0 Å². The van der Waals surface area contributed by atoms with Gasteiger partial charge in [0, 0.05) is 29.5 Å². The highest BCUT2D eigenvalue weighted by Crippen LogP contribution is 2.29. The Labute approximate surface area is 211 Å². The number of benzene rings is 2. The first-order valence-electron chi connectivity index (χ1n) is 9.34. The van der Waals surface area contributed by atoms with Crippen LogP contribution in [0.15, 0.2) is 42.5 Å². The van der Waals surface area contributed by atoms with E-state index < -0.39 is 25.2 Å². The van der Waals surface area contributed by atoms with Crippen LogP contribution in [0.3, 0.4) is 0 Å². The first-order chi connectivity index (χ1) is 15.2. The Balaban J connectivity index is 0.00000544. The van der Waals surface area contributed by atoms with Crippen LogP contribution in [0.1, 0.15) is 39.1 Å². The van der Waals surface area contributed by atoms with Gasteiger partial charge in [-0.05, 0) is 24.5 Å². The highest BCUT2D eigenvalue weighted by atomic mass is 127. The zero-order valence-corrected chi connectivity index (χ0v) is 20.7. The van der Waals surface area contributed by atoms with Gasteiger partial charge >= 0.3 is 11.9 Å². The van der Waals surface area contributed by atoms with E-state index in [1.807, 2.05) is 0 Å². The molecule has 0 unspecified atom stereocenters. The minimum Gasteiger partial charge on any atom is -0.479 e. The van der Waals surface area contributed by atoms with E-state index in [1.165, 1.54) is 30.0 Å². The molecular weight excluding hydrogens is 565 g/mol. The molecule has 2 aromatic carbocycles. The van der Waals surface area contributed by atoms with Crippen LogP contribution in [0.2, 0.25) is 0 Å². The zero-order valence-electron chi connectivity index (χ0n) is 17.5. The number of Topliss-reactive ketones (excluding diaryl/α,β-unsaturated/α-hetero) is 2. The number of halogens is 1. The molecule has 33 heavy (non-hydrogen) atoms. The summed E-state index contributed by atoms with van der Waals surface area (Å²) in [6.45, 7) is -1.37. The second-order valence-corrected chi connectivity index (χ2v) is 7.30. The fourth-order valence-electron chi connectivity index (χ4n) is 2.63. The van der Waals surface area contributed by atoms with Crippen LogP contribution in [-0.2, 0) is 9.59 Å². The SMILES string of the molecule is CSC(=N)c1ccc(C(=O)CCC(=O)c2ccc(OCC(=O)O)c(OCC(=O)O)c2)cc1.I. The summed E-state index contributed by atoms with van der Waals surface area (Å²) in [7, 11) is 0. The van der Waals surface area contributed by atoms with Gasteiger partial charge in [0.2, 0.25) is 0 Å². The quantitative estimate of drug-likeness (QED) is 0.146. The second-order valence-electron chi connectivity index (χ2n) is 6.48. The molecular formula is C22H22INO8S. The maximum Gasteiger partial charge on any atom is 0.341 e. The molecule has 0 aliphatic heterocycles. The Morgan fingerprint density at radius 2 is 1.24 bits per heavy atom. The van der Waals surface area contributed by atoms with E-state index in [0.29, 0.717) is 16.2 Å². The van der Waals surface area contributed by atoms with Crippen molar-refractivity contribution in [3.8, 4) is 11.5 Å². The standard InChI is InChI=1S/C22H21NO8S.HI/c1-32-22(23)14-4-2-13(3-5-14)16(24)7-8-17(25)15-6-9-18(30-11-20(26)27)19(10-15)31-12-21(28)29;/h2-6,9-10,23H,7-8,11-12H2,1H3,(H,26,27)(H,28,29);1H. The van der Waals surface area contributed by atoms with Gasteiger partial charge in [0.25, 0.3) is 0 Å². The van der Waals surface area contributed by atoms with Crippen LogP contribution in [0.5, 0.6) is 11.5 Å². The van der Waals surface area contributed by atoms with E-state index in [9.17, 15) is 19.2 Å². The van der Waals surface area contributed by atoms with Crippen molar-refractivity contribution in [2.45, 2.75) is 12.8 Å². The average Bonchev–Trinajstić information content (AvgIpc) is 2.79. The monoisotopic (exact) mass is 587 g/mol. The van der Waals surface area contributed by atoms with Gasteiger partial charge in [-0.15, -0.1) is 35.7 Å². The average molecular weight is 587 g/mol. The van der Waals surface area contributed by atoms with Crippen molar-refractivity contribution in [2.75, 3.05) is 19.5 Å². The molecule has 0 atom stereocenters. The molecule has 0 heterocycles. The van der Waals surface area contributed by atoms with E-state index in [1.54, 1.807) is 30.5 Å². The first kappa shape index (κ1) is 28.1. The van der Waals surface area contributed by atoms with Gasteiger partial charge in [0.15, 0.2) is 36.3 Å². The second kappa shape index (κ2) is 13.6. The number of nitrogens with one attached hydrogen (secondary N) is 1. The van der Waals surface area contributed by atoms with E-state index in [0.717, 1.165) is 0 Å². The van der Waals surface area contributed by atoms with E-state index in [4.69, 9.17) is 25.1 Å². The topological polar surface area (TPSA) is 151 Å². The Morgan fingerprint density at radius 3 is 1.76 bits per heavy atom. The van der Waals surface area contributed by atoms with Crippen LogP contribution in [-0.4, -0.2) is 58.2 Å². The van der Waals surface area contributed by atoms with Crippen molar-refractivity contribution >= 4 is 64.3 Å². The number of hydrogen-bond acceptors (Lipinski definition) is 8. The third-order valence-electron chi connectivity index (χ3n) is 4.22. The highest BCUT2D eigenvalue weighted by molar-refractivity contribution is 14.0. The summed E-state index contributed by atoms with van der Waals surface area (Å²) >= 11 is 1.29. The normalized spacial score (nSPS) is 9.97. The molecule has 0 fully saturated rings. The van der Waals surface area contributed by atoms with Crippen molar-refractivity contribution in [2.24, 2.45) is 0 Å². The molecule has 0 saturated heterocycles. The number of aliphatic carboxylic acids is 2. The molecule has 0 amide bonds. The minimum absolute atomic E-state index is 0. The molecule has 2 aromatic rings. The van der Waals surface area contributed by atoms with E-state index in [-0.39, 0.29) is 65.4 Å². The number of carbonyl (C=O) groups is 4. The van der Waals surface area contributed by atoms with Gasteiger partial charge in [-0.2, -0.15) is 0 Å². The van der Waals surface area contributed by atoms with Crippen molar-refractivity contribution in [3.63, 3.8) is 0 Å². The molecule has 0 spiro atoms. The lowest BCUT2D eigenvalue weighted by atomic mass is 10.0. The van der Waals surface area contributed by atoms with Crippen LogP contribution in [0.25, 0.3) is 0 Å². The number of rotatable bonds is 12. The molecule has 0 saturated carbocycles. The summed E-state index contributed by atoms with van der Waals surface area (Å²) in [4.78, 5) is 46.4. The number of thioether (sulfide) groups is 1. The number of ketones is 2. The van der Waals surface area contributed by atoms with Crippen molar-refractivity contribution in [1.82, 2.24) is 0 Å². The molecule has 0 radical (unpaired) electrons. The molecule has 9 nitrogen and oxygen atoms in total. The maximum atomic E-state index is 12.5. The first-order valence-corrected chi connectivity index (χ1v) is 10.6. The molecule has 2 rings (SSSR count). The molecule has 176 valence electrons. The van der Waals surface area contributed by atoms with Gasteiger partial charge in [0.1, 0.15) is 0 Å². The van der Waals surface area contributed by atoms with Crippen LogP contribution < -0.4 is 9.47 Å². The summed E-state index contributed by atoms with van der Waals surface area (Å²) in [5.41, 5.74) is 1.30. The van der Waals surface area contributed by atoms with Gasteiger partial charge in [-0.25, -0.2) is 9.59 Å². The van der Waals surface area contributed by atoms with Crippen LogP contribution in [0, 0.1) is 5.41 Å². The van der Waals surface area contributed by atoms with Gasteiger partial charge in [0.05, 0.1) is 5.04 Å². The molecule has 0 aromatic heterocycles. The van der Waals surface area contributed by atoms with Gasteiger partial charge < -0.3 is 19.7 Å². The predicted octanol–water partition coefficient (Wildman–Crippen LogP) is 3.77. The van der Waals surface area contributed by atoms with Gasteiger partial charge in [-0.3, -0.25) is 15.0 Å². The largest absolute Gasteiger partial charge is 0.479 e. The highest BCUT2D eigenvalue weighted by Gasteiger charge is 2.16. The Kier molecular flexibility index (Phi) is 11.6. The number of carboxylic acid groups (broad SMARTS) is 2. The lowest BCUT2D eigenvalue weighted by Crippen LogP contribution is -2.13. The summed E-state index contributed by atoms with van der Waals surface area (Å²) in [5.74, 6) is -3.19. The Hall–Kier alpha value is -2.93. The molecule has 11 heteroatoms. The number of ether oxygens (including phenoxy) is 2. The molecule has 0 aliphatic carbocycles. The minimum atomic E-state index is -1.25. The predicted molar refractivity (Wildman–Crippen MR) is 133 cm³/mol. The third-order valence-corrected chi connectivity index (χ3v) is 4.86. The van der Waals surface area contributed by atoms with Crippen molar-refractivity contribution in [1.29, 1.82) is 5.41 Å². The smallest absolute Gasteiger partial charge is 0.341 e. The maximum absolute atomic E-state index is 12.5. The summed E-state index contributed by atoms with van der Waals surface area (Å²) < 4.78 is 10.2. The van der Waals surface area contributed by atoms with Crippen molar-refractivity contribution in [3.05, 3.63) is 59.2 Å². The number of hydrogen-bond donors (Lipinski definition) is 3. The van der Waals surface area contributed by atoms with Crippen LogP contribution in [0.4, 0.5) is 0 Å². The number of carbonyl (C=O) groups excluding carboxylic acids is 2.